The van der Waals surface area contributed by atoms with Crippen molar-refractivity contribution in [3.63, 3.8) is 0 Å². The number of nitrogens with zero attached hydrogens (tertiary/aromatic N) is 3. The number of unbranched alkanes of at least 4 members (excludes halogenated alkanes) is 5. The minimum atomic E-state index is -0.804. The summed E-state index contributed by atoms with van der Waals surface area (Å²) in [6.07, 6.45) is 9.93. The van der Waals surface area contributed by atoms with Crippen LogP contribution in [0, 0.1) is 0 Å². The van der Waals surface area contributed by atoms with Gasteiger partial charge in [-0.3, -0.25) is 4.79 Å². The lowest BCUT2D eigenvalue weighted by atomic mass is 10.1. The predicted molar refractivity (Wildman–Crippen MR) is 83.7 cm³/mol. The fourth-order valence-electron chi connectivity index (χ4n) is 2.44. The summed E-state index contributed by atoms with van der Waals surface area (Å²) in [6.45, 7) is 3.15. The summed E-state index contributed by atoms with van der Waals surface area (Å²) in [6, 6.07) is 0. The Kier molecular flexibility index (Phi) is 6.54. The Morgan fingerprint density at radius 1 is 1.24 bits per heavy atom. The highest BCUT2D eigenvalue weighted by Gasteiger charge is 2.30. The Hall–Kier alpha value is -1.04. The van der Waals surface area contributed by atoms with E-state index in [1.807, 2.05) is 0 Å². The molecule has 0 bridgehead atoms. The second kappa shape index (κ2) is 8.41. The van der Waals surface area contributed by atoms with Crippen molar-refractivity contribution in [2.75, 3.05) is 5.75 Å². The molecule has 118 valence electrons. The van der Waals surface area contributed by atoms with E-state index >= 15 is 0 Å². The van der Waals surface area contributed by atoms with Crippen LogP contribution in [0.3, 0.4) is 0 Å². The van der Waals surface area contributed by atoms with Gasteiger partial charge in [0.1, 0.15) is 5.82 Å². The van der Waals surface area contributed by atoms with Gasteiger partial charge in [0.05, 0.1) is 5.75 Å². The van der Waals surface area contributed by atoms with Crippen LogP contribution in [0.4, 0.5) is 0 Å². The molecule has 0 radical (unpaired) electrons. The molecule has 0 spiro atoms. The van der Waals surface area contributed by atoms with Gasteiger partial charge in [-0.05, 0) is 19.3 Å². The number of carbonyl (C=O) groups is 1. The van der Waals surface area contributed by atoms with Crippen molar-refractivity contribution in [3.8, 4) is 0 Å². The monoisotopic (exact) mass is 311 g/mol. The minimum Gasteiger partial charge on any atom is -0.481 e. The molecule has 1 aliphatic carbocycles. The van der Waals surface area contributed by atoms with Crippen LogP contribution in [0.15, 0.2) is 5.16 Å². The molecule has 1 aliphatic rings. The molecule has 1 heterocycles. The molecule has 0 aliphatic heterocycles. The van der Waals surface area contributed by atoms with Gasteiger partial charge in [0.25, 0.3) is 0 Å². The van der Waals surface area contributed by atoms with Crippen molar-refractivity contribution in [1.29, 1.82) is 0 Å². The summed E-state index contributed by atoms with van der Waals surface area (Å²) >= 11 is 1.28. The zero-order chi connectivity index (χ0) is 15.1. The molecule has 1 fully saturated rings. The lowest BCUT2D eigenvalue weighted by Gasteiger charge is -2.09. The number of carboxylic acid groups (broad SMARTS) is 1. The first-order valence-electron chi connectivity index (χ1n) is 8.00. The largest absolute Gasteiger partial charge is 0.481 e. The van der Waals surface area contributed by atoms with E-state index in [1.165, 1.54) is 56.7 Å². The van der Waals surface area contributed by atoms with E-state index in [0.717, 1.165) is 23.9 Å². The molecular weight excluding hydrogens is 286 g/mol. The standard InChI is InChI=1S/C15H25N3O2S/c1-2-3-4-5-6-7-10-18-14(12-8-9-12)16-17-15(18)21-11-13(19)20/h12H,2-11H2,1H3,(H,19,20). The predicted octanol–water partition coefficient (Wildman–Crippen LogP) is 3.69. The second-order valence-corrected chi connectivity index (χ2v) is 6.66. The normalized spacial score (nSPS) is 14.5. The van der Waals surface area contributed by atoms with Crippen LogP contribution in [-0.2, 0) is 11.3 Å². The molecule has 0 amide bonds. The first-order valence-corrected chi connectivity index (χ1v) is 8.98. The van der Waals surface area contributed by atoms with E-state index in [0.29, 0.717) is 5.92 Å². The number of hydrogen-bond donors (Lipinski definition) is 1. The second-order valence-electron chi connectivity index (χ2n) is 5.72. The van der Waals surface area contributed by atoms with Crippen molar-refractivity contribution in [1.82, 2.24) is 14.8 Å². The first kappa shape index (κ1) is 16.3. The average molecular weight is 311 g/mol. The molecule has 21 heavy (non-hydrogen) atoms. The van der Waals surface area contributed by atoms with Crippen molar-refractivity contribution in [3.05, 3.63) is 5.82 Å². The third-order valence-corrected chi connectivity index (χ3v) is 4.70. The molecule has 6 heteroatoms. The Bertz CT molecular complexity index is 458. The van der Waals surface area contributed by atoms with Gasteiger partial charge in [0.2, 0.25) is 0 Å². The number of hydrogen-bond acceptors (Lipinski definition) is 4. The highest BCUT2D eigenvalue weighted by atomic mass is 32.2. The Labute approximate surface area is 130 Å². The van der Waals surface area contributed by atoms with E-state index < -0.39 is 5.97 Å². The van der Waals surface area contributed by atoms with E-state index in [9.17, 15) is 4.79 Å². The van der Waals surface area contributed by atoms with Gasteiger partial charge >= 0.3 is 5.97 Å². The molecule has 1 aromatic rings. The summed E-state index contributed by atoms with van der Waals surface area (Å²) in [5.74, 6) is 0.870. The van der Waals surface area contributed by atoms with E-state index in [-0.39, 0.29) is 5.75 Å². The third-order valence-electron chi connectivity index (χ3n) is 3.75. The summed E-state index contributed by atoms with van der Waals surface area (Å²) in [4.78, 5) is 10.7. The molecule has 0 atom stereocenters. The van der Waals surface area contributed by atoms with Gasteiger partial charge in [-0.2, -0.15) is 0 Å². The highest BCUT2D eigenvalue weighted by molar-refractivity contribution is 7.99. The van der Waals surface area contributed by atoms with Crippen LogP contribution in [0.1, 0.15) is 70.0 Å². The average Bonchev–Trinajstić information content (AvgIpc) is 3.22. The van der Waals surface area contributed by atoms with Crippen LogP contribution in [-0.4, -0.2) is 31.6 Å². The van der Waals surface area contributed by atoms with Gasteiger partial charge in [0, 0.05) is 12.5 Å². The molecule has 0 unspecified atom stereocenters. The molecule has 1 aromatic heterocycles. The van der Waals surface area contributed by atoms with Crippen molar-refractivity contribution in [2.45, 2.75) is 75.9 Å². The maximum Gasteiger partial charge on any atom is 0.313 e. The Morgan fingerprint density at radius 2 is 1.95 bits per heavy atom. The fraction of sp³-hybridized carbons (Fsp3) is 0.800. The number of rotatable bonds is 11. The fourth-order valence-corrected chi connectivity index (χ4v) is 3.13. The SMILES string of the molecule is CCCCCCCCn1c(SCC(=O)O)nnc1C1CC1. The van der Waals surface area contributed by atoms with E-state index in [4.69, 9.17) is 5.11 Å². The Balaban J connectivity index is 1.85. The van der Waals surface area contributed by atoms with Gasteiger partial charge in [-0.15, -0.1) is 10.2 Å². The third kappa shape index (κ3) is 5.34. The van der Waals surface area contributed by atoms with Gasteiger partial charge < -0.3 is 9.67 Å². The molecular formula is C15H25N3O2S. The van der Waals surface area contributed by atoms with Gasteiger partial charge in [-0.25, -0.2) is 0 Å². The van der Waals surface area contributed by atoms with Crippen LogP contribution in [0.2, 0.25) is 0 Å². The number of carboxylic acids is 1. The van der Waals surface area contributed by atoms with Crippen molar-refractivity contribution < 1.29 is 9.90 Å². The summed E-state index contributed by atoms with van der Waals surface area (Å²) in [5, 5.41) is 18.1. The van der Waals surface area contributed by atoms with Gasteiger partial charge in [-0.1, -0.05) is 50.8 Å². The zero-order valence-corrected chi connectivity index (χ0v) is 13.6. The topological polar surface area (TPSA) is 68.0 Å². The number of aliphatic carboxylic acids is 1. The lowest BCUT2D eigenvalue weighted by molar-refractivity contribution is -0.133. The summed E-state index contributed by atoms with van der Waals surface area (Å²) in [5.41, 5.74) is 0. The maximum atomic E-state index is 10.7. The number of thioether (sulfide) groups is 1. The van der Waals surface area contributed by atoms with E-state index in [1.54, 1.807) is 0 Å². The van der Waals surface area contributed by atoms with Crippen molar-refractivity contribution in [2.24, 2.45) is 0 Å². The maximum absolute atomic E-state index is 10.7. The van der Waals surface area contributed by atoms with Crippen LogP contribution >= 0.6 is 11.8 Å². The van der Waals surface area contributed by atoms with Gasteiger partial charge in [0.15, 0.2) is 5.16 Å². The zero-order valence-electron chi connectivity index (χ0n) is 12.8. The highest BCUT2D eigenvalue weighted by Crippen LogP contribution is 2.40. The smallest absolute Gasteiger partial charge is 0.313 e. The molecule has 0 saturated heterocycles. The number of aromatic nitrogens is 3. The molecule has 5 nitrogen and oxygen atoms in total. The van der Waals surface area contributed by atoms with Crippen LogP contribution < -0.4 is 0 Å². The van der Waals surface area contributed by atoms with Crippen molar-refractivity contribution >= 4 is 17.7 Å². The first-order chi connectivity index (χ1) is 10.2. The van der Waals surface area contributed by atoms with Crippen LogP contribution in [0.5, 0.6) is 0 Å². The quantitative estimate of drug-likeness (QED) is 0.498. The molecule has 1 N–H and O–H groups in total. The molecule has 2 rings (SSSR count). The van der Waals surface area contributed by atoms with E-state index in [2.05, 4.69) is 21.7 Å². The minimum absolute atomic E-state index is 0.0549. The Morgan fingerprint density at radius 3 is 2.62 bits per heavy atom. The van der Waals surface area contributed by atoms with Crippen LogP contribution in [0.25, 0.3) is 0 Å². The molecule has 1 saturated carbocycles. The lowest BCUT2D eigenvalue weighted by Crippen LogP contribution is -2.06. The summed E-state index contributed by atoms with van der Waals surface area (Å²) < 4.78 is 2.16. The molecule has 0 aromatic carbocycles. The summed E-state index contributed by atoms with van der Waals surface area (Å²) in [7, 11) is 0.